The van der Waals surface area contributed by atoms with E-state index in [2.05, 4.69) is 125 Å². The fraction of sp³-hybridized carbons (Fsp3) is 0. The van der Waals surface area contributed by atoms with Crippen LogP contribution in [0.25, 0.3) is 42.4 Å². The van der Waals surface area contributed by atoms with E-state index in [0.717, 1.165) is 55.4 Å². The number of fused-ring (bicyclic) bond motifs is 8. The number of thiophene rings is 2. The van der Waals surface area contributed by atoms with Gasteiger partial charge in [-0.2, -0.15) is 0 Å². The molecular formula is C46H29BN2S2. The minimum Gasteiger partial charge on any atom is -0.310 e. The van der Waals surface area contributed by atoms with Gasteiger partial charge in [-0.15, -0.1) is 22.7 Å². The van der Waals surface area contributed by atoms with Gasteiger partial charge in [-0.3, -0.25) is 0 Å². The standard InChI is InChI=1S/C46H29BN2S2/c1-5-15-30(16-6-1)32-25-26-41-37(27-32)44-45(50-41)47-42-36-23-13-14-24-40(36)51-46(42)49(35-21-11-4-12-22-35)39-29-33(31-17-7-2-8-18-31)28-38(43(39)47)48(44)34-19-9-3-10-20-34/h1-29H/i2D,7D,8D,17D,18D. The molecule has 0 amide bonds. The predicted molar refractivity (Wildman–Crippen MR) is 222 cm³/mol. The Morgan fingerprint density at radius 2 is 1.10 bits per heavy atom. The molecule has 7 aromatic carbocycles. The molecule has 9 aromatic rings. The number of para-hydroxylation sites is 2. The Labute approximate surface area is 312 Å². The van der Waals surface area contributed by atoms with E-state index in [1.165, 1.54) is 25.0 Å². The molecule has 0 spiro atoms. The molecule has 0 saturated carbocycles. The Morgan fingerprint density at radius 1 is 0.471 bits per heavy atom. The van der Waals surface area contributed by atoms with Crippen molar-refractivity contribution < 1.29 is 6.85 Å². The van der Waals surface area contributed by atoms with Crippen LogP contribution in [0.5, 0.6) is 0 Å². The van der Waals surface area contributed by atoms with Crippen LogP contribution in [0.4, 0.5) is 33.4 Å². The molecule has 2 aliphatic rings. The first-order chi connectivity index (χ1) is 27.4. The maximum absolute atomic E-state index is 9.12. The first-order valence-electron chi connectivity index (χ1n) is 19.5. The zero-order chi connectivity index (χ0) is 37.8. The number of nitrogens with zero attached hydrogens (tertiary/aromatic N) is 2. The fourth-order valence-corrected chi connectivity index (χ4v) is 10.5. The van der Waals surface area contributed by atoms with E-state index >= 15 is 0 Å². The molecule has 2 aromatic heterocycles. The van der Waals surface area contributed by atoms with E-state index in [-0.39, 0.29) is 36.4 Å². The highest BCUT2D eigenvalue weighted by molar-refractivity contribution is 7.35. The molecule has 238 valence electrons. The van der Waals surface area contributed by atoms with E-state index in [1.807, 2.05) is 41.7 Å². The minimum absolute atomic E-state index is 0.132. The number of anilines is 6. The van der Waals surface area contributed by atoms with Crippen LogP contribution in [0.2, 0.25) is 0 Å². The van der Waals surface area contributed by atoms with Crippen LogP contribution in [0.3, 0.4) is 0 Å². The van der Waals surface area contributed by atoms with Crippen molar-refractivity contribution in [1.82, 2.24) is 0 Å². The van der Waals surface area contributed by atoms with Gasteiger partial charge in [0.05, 0.1) is 17.5 Å². The molecule has 51 heavy (non-hydrogen) atoms. The lowest BCUT2D eigenvalue weighted by atomic mass is 9.36. The zero-order valence-electron chi connectivity index (χ0n) is 32.1. The van der Waals surface area contributed by atoms with E-state index in [1.54, 1.807) is 11.3 Å². The summed E-state index contributed by atoms with van der Waals surface area (Å²) >= 11 is 3.61. The topological polar surface area (TPSA) is 6.48 Å². The highest BCUT2D eigenvalue weighted by Crippen LogP contribution is 2.51. The minimum atomic E-state index is -0.404. The molecule has 0 aliphatic carbocycles. The Bertz CT molecular complexity index is 3030. The summed E-state index contributed by atoms with van der Waals surface area (Å²) in [6.07, 6.45) is 0. The summed E-state index contributed by atoms with van der Waals surface area (Å²) in [5.74, 6) is 0. The van der Waals surface area contributed by atoms with Gasteiger partial charge in [0.25, 0.3) is 6.71 Å². The van der Waals surface area contributed by atoms with Crippen molar-refractivity contribution in [3.8, 4) is 22.3 Å². The lowest BCUT2D eigenvalue weighted by Crippen LogP contribution is -2.60. The Kier molecular flexibility index (Phi) is 5.40. The van der Waals surface area contributed by atoms with Crippen molar-refractivity contribution in [2.24, 2.45) is 0 Å². The van der Waals surface area contributed by atoms with Gasteiger partial charge >= 0.3 is 0 Å². The second kappa shape index (κ2) is 11.3. The molecule has 0 saturated heterocycles. The predicted octanol–water partition coefficient (Wildman–Crippen LogP) is 11.5. The second-order valence-corrected chi connectivity index (χ2v) is 15.0. The van der Waals surface area contributed by atoms with Crippen molar-refractivity contribution in [1.29, 1.82) is 0 Å². The Morgan fingerprint density at radius 3 is 1.84 bits per heavy atom. The molecule has 11 rings (SSSR count). The quantitative estimate of drug-likeness (QED) is 0.170. The van der Waals surface area contributed by atoms with Crippen LogP contribution >= 0.6 is 22.7 Å². The van der Waals surface area contributed by atoms with Crippen molar-refractivity contribution in [3.63, 3.8) is 0 Å². The van der Waals surface area contributed by atoms with Crippen LogP contribution in [0, 0.1) is 0 Å². The van der Waals surface area contributed by atoms with Crippen LogP contribution in [-0.2, 0) is 0 Å². The Hall–Kier alpha value is -5.88. The first kappa shape index (κ1) is 24.3. The SMILES string of the molecule is [2H]c1c([2H])c([2H])c(-c2cc3c4c(c2)N(c2ccccc2)c2c(sc5ccc(-c6ccccc6)cc25)B4c2c(sc4ccccc24)N3c2ccccc2)c([2H])c1[2H]. The third-order valence-corrected chi connectivity index (χ3v) is 12.5. The van der Waals surface area contributed by atoms with Crippen molar-refractivity contribution >= 4 is 98.7 Å². The zero-order valence-corrected chi connectivity index (χ0v) is 28.8. The van der Waals surface area contributed by atoms with Gasteiger partial charge in [-0.05, 0) is 93.2 Å². The summed E-state index contributed by atoms with van der Waals surface area (Å²) in [6.45, 7) is -0.132. The first-order valence-corrected chi connectivity index (χ1v) is 18.6. The van der Waals surface area contributed by atoms with Crippen molar-refractivity contribution in [3.05, 3.63) is 176 Å². The van der Waals surface area contributed by atoms with Gasteiger partial charge in [0.1, 0.15) is 0 Å². The summed E-state index contributed by atoms with van der Waals surface area (Å²) < 4.78 is 47.6. The molecule has 5 heteroatoms. The van der Waals surface area contributed by atoms with Crippen molar-refractivity contribution in [2.75, 3.05) is 9.80 Å². The lowest BCUT2D eigenvalue weighted by molar-refractivity contribution is 1.28. The maximum atomic E-state index is 9.12. The smallest absolute Gasteiger partial charge is 0.266 e. The molecular weight excluding hydrogens is 655 g/mol. The molecule has 0 fully saturated rings. The van der Waals surface area contributed by atoms with E-state index in [4.69, 9.17) is 6.85 Å². The number of rotatable bonds is 4. The van der Waals surface area contributed by atoms with Crippen molar-refractivity contribution in [2.45, 2.75) is 0 Å². The van der Waals surface area contributed by atoms with E-state index < -0.39 is 6.04 Å². The van der Waals surface area contributed by atoms with Crippen LogP contribution in [0.1, 0.15) is 6.85 Å². The summed E-state index contributed by atoms with van der Waals surface area (Å²) in [7, 11) is 0. The number of hydrogen-bond donors (Lipinski definition) is 0. The molecule has 0 atom stereocenters. The third-order valence-electron chi connectivity index (χ3n) is 10.1. The largest absolute Gasteiger partial charge is 0.310 e. The summed E-state index contributed by atoms with van der Waals surface area (Å²) in [4.78, 5) is 4.67. The average molecular weight is 690 g/mol. The molecule has 0 bridgehead atoms. The highest BCUT2D eigenvalue weighted by Gasteiger charge is 2.47. The van der Waals surface area contributed by atoms with Gasteiger partial charge in [0.15, 0.2) is 0 Å². The Balaban J connectivity index is 1.32. The molecule has 2 aliphatic heterocycles. The van der Waals surface area contributed by atoms with Gasteiger partial charge in [0.2, 0.25) is 0 Å². The highest BCUT2D eigenvalue weighted by atomic mass is 32.1. The van der Waals surface area contributed by atoms with Crippen LogP contribution in [0.15, 0.2) is 176 Å². The number of benzene rings is 7. The fourth-order valence-electron chi connectivity index (χ4n) is 7.98. The van der Waals surface area contributed by atoms with Crippen LogP contribution in [-0.4, -0.2) is 6.71 Å². The van der Waals surface area contributed by atoms with E-state index in [9.17, 15) is 0 Å². The molecule has 0 N–H and O–H groups in total. The second-order valence-electron chi connectivity index (χ2n) is 12.9. The molecule has 4 heterocycles. The summed E-state index contributed by atoms with van der Waals surface area (Å²) in [5, 5.41) is 3.47. The van der Waals surface area contributed by atoms with Gasteiger partial charge < -0.3 is 9.80 Å². The van der Waals surface area contributed by atoms with Gasteiger partial charge in [-0.25, -0.2) is 0 Å². The van der Waals surface area contributed by atoms with Gasteiger partial charge in [0, 0.05) is 42.3 Å². The monoisotopic (exact) mass is 689 g/mol. The molecule has 0 unspecified atom stereocenters. The number of hydrogen-bond acceptors (Lipinski definition) is 4. The summed E-state index contributed by atoms with van der Waals surface area (Å²) in [6, 6.07) is 49.2. The lowest BCUT2D eigenvalue weighted by Gasteiger charge is -2.42. The molecule has 2 nitrogen and oxygen atoms in total. The maximum Gasteiger partial charge on any atom is 0.266 e. The average Bonchev–Trinajstić information content (AvgIpc) is 3.82. The van der Waals surface area contributed by atoms with Crippen LogP contribution < -0.4 is 25.5 Å². The van der Waals surface area contributed by atoms with Gasteiger partial charge in [-0.1, -0.05) is 121 Å². The normalized spacial score (nSPS) is 14.4. The molecule has 0 radical (unpaired) electrons. The summed E-state index contributed by atoms with van der Waals surface area (Å²) in [5.41, 5.74) is 10.3. The third kappa shape index (κ3) is 4.35. The van der Waals surface area contributed by atoms with E-state index in [0.29, 0.717) is 5.56 Å².